The second-order valence-electron chi connectivity index (χ2n) is 13.9. The average molecular weight is 535 g/mol. The number of rotatable bonds is 16. The van der Waals surface area contributed by atoms with Crippen molar-refractivity contribution in [1.82, 2.24) is 0 Å². The summed E-state index contributed by atoms with van der Waals surface area (Å²) in [6.45, 7) is 20.7. The van der Waals surface area contributed by atoms with Gasteiger partial charge in [0.2, 0.25) is 0 Å². The summed E-state index contributed by atoms with van der Waals surface area (Å²) in [5.41, 5.74) is 0.532. The van der Waals surface area contributed by atoms with Crippen molar-refractivity contribution >= 4 is 11.9 Å². The van der Waals surface area contributed by atoms with Gasteiger partial charge in [-0.25, -0.2) is 9.59 Å². The summed E-state index contributed by atoms with van der Waals surface area (Å²) >= 11 is 0. The molecule has 0 bridgehead atoms. The molecule has 0 saturated heterocycles. The summed E-state index contributed by atoms with van der Waals surface area (Å²) in [7, 11) is 0. The summed E-state index contributed by atoms with van der Waals surface area (Å²) in [5, 5.41) is 0. The molecule has 0 spiro atoms. The maximum absolute atomic E-state index is 12.2. The first-order valence-corrected chi connectivity index (χ1v) is 14.3. The van der Waals surface area contributed by atoms with Crippen LogP contribution in [0.3, 0.4) is 0 Å². The summed E-state index contributed by atoms with van der Waals surface area (Å²) in [6.07, 6.45) is 8.71. The maximum atomic E-state index is 12.2. The van der Waals surface area contributed by atoms with Crippen LogP contribution in [0.25, 0.3) is 0 Å². The van der Waals surface area contributed by atoms with Crippen LogP contribution in [0.15, 0.2) is 24.3 Å². The van der Waals surface area contributed by atoms with Crippen molar-refractivity contribution in [2.45, 2.75) is 145 Å². The zero-order chi connectivity index (χ0) is 29.0. The fourth-order valence-corrected chi connectivity index (χ4v) is 3.95. The molecule has 218 valence electrons. The highest BCUT2D eigenvalue weighted by molar-refractivity contribution is 5.68. The number of unbranched alkanes of at least 4 members (excludes halogenated alkanes) is 4. The van der Waals surface area contributed by atoms with Crippen molar-refractivity contribution in [2.24, 2.45) is 10.8 Å². The zero-order valence-corrected chi connectivity index (χ0v) is 25.8. The zero-order valence-electron chi connectivity index (χ0n) is 25.8. The lowest BCUT2D eigenvalue weighted by molar-refractivity contribution is -0.331. The van der Waals surface area contributed by atoms with Crippen LogP contribution in [0.4, 0.5) is 0 Å². The van der Waals surface area contributed by atoms with E-state index in [4.69, 9.17) is 19.6 Å². The van der Waals surface area contributed by atoms with Crippen molar-refractivity contribution in [2.75, 3.05) is 0 Å². The predicted octanol–water partition coefficient (Wildman–Crippen LogP) is 9.10. The van der Waals surface area contributed by atoms with Crippen LogP contribution < -0.4 is 0 Å². The van der Waals surface area contributed by atoms with E-state index in [2.05, 4.69) is 41.5 Å². The van der Waals surface area contributed by atoms with E-state index in [1.165, 1.54) is 0 Å². The molecule has 38 heavy (non-hydrogen) atoms. The molecule has 0 unspecified atom stereocenters. The molecule has 0 aromatic heterocycles. The van der Waals surface area contributed by atoms with Gasteiger partial charge >= 0.3 is 11.9 Å². The molecule has 0 fully saturated rings. The van der Waals surface area contributed by atoms with E-state index in [0.717, 1.165) is 62.5 Å². The Hall–Kier alpha value is -1.92. The number of benzene rings is 1. The lowest BCUT2D eigenvalue weighted by Gasteiger charge is -2.27. The normalized spacial score (nSPS) is 12.9. The van der Waals surface area contributed by atoms with E-state index in [-0.39, 0.29) is 11.9 Å². The van der Waals surface area contributed by atoms with Crippen LogP contribution in [0.2, 0.25) is 0 Å². The van der Waals surface area contributed by atoms with Gasteiger partial charge in [-0.1, -0.05) is 85.4 Å². The molecule has 0 radical (unpaired) electrons. The molecule has 0 atom stereocenters. The summed E-state index contributed by atoms with van der Waals surface area (Å²) in [6, 6.07) is 7.61. The van der Waals surface area contributed by atoms with Gasteiger partial charge in [-0.3, -0.25) is 9.78 Å². The van der Waals surface area contributed by atoms with Crippen molar-refractivity contribution in [3.05, 3.63) is 35.4 Å². The SMILES string of the molecule is CC(C)(C)CCCCCC(=O)OOC(C)(C)c1cccc(C(C)(C)OOC(=O)CCCCCC(C)(C)C)c1. The molecule has 0 amide bonds. The van der Waals surface area contributed by atoms with Crippen molar-refractivity contribution in [3.8, 4) is 0 Å². The van der Waals surface area contributed by atoms with Gasteiger partial charge < -0.3 is 0 Å². The molecule has 1 aromatic rings. The molecule has 0 N–H and O–H groups in total. The van der Waals surface area contributed by atoms with Crippen LogP contribution in [-0.4, -0.2) is 11.9 Å². The Morgan fingerprint density at radius 2 is 0.947 bits per heavy atom. The second kappa shape index (κ2) is 15.0. The Kier molecular flexibility index (Phi) is 13.5. The second-order valence-corrected chi connectivity index (χ2v) is 13.9. The molecule has 1 rings (SSSR count). The Morgan fingerprint density at radius 3 is 1.29 bits per heavy atom. The van der Waals surface area contributed by atoms with Crippen molar-refractivity contribution < 1.29 is 29.1 Å². The van der Waals surface area contributed by atoms with Gasteiger partial charge in [-0.15, -0.1) is 0 Å². The van der Waals surface area contributed by atoms with Gasteiger partial charge in [0.05, 0.1) is 0 Å². The van der Waals surface area contributed by atoms with E-state index >= 15 is 0 Å². The van der Waals surface area contributed by atoms with Gasteiger partial charge in [0.15, 0.2) is 0 Å². The van der Waals surface area contributed by atoms with Crippen LogP contribution in [0.1, 0.15) is 145 Å². The average Bonchev–Trinajstić information content (AvgIpc) is 2.80. The molecule has 0 heterocycles. The molecular weight excluding hydrogens is 480 g/mol. The molecule has 0 aliphatic rings. The third kappa shape index (κ3) is 14.9. The summed E-state index contributed by atoms with van der Waals surface area (Å²) in [5.74, 6) is -0.724. The summed E-state index contributed by atoms with van der Waals surface area (Å²) < 4.78 is 0. The quantitative estimate of drug-likeness (QED) is 0.120. The number of carbonyl (C=O) groups is 2. The van der Waals surface area contributed by atoms with Gasteiger partial charge in [0.25, 0.3) is 0 Å². The largest absolute Gasteiger partial charge is 0.342 e. The lowest BCUT2D eigenvalue weighted by Crippen LogP contribution is -2.27. The lowest BCUT2D eigenvalue weighted by atomic mass is 9.89. The van der Waals surface area contributed by atoms with E-state index < -0.39 is 11.2 Å². The minimum absolute atomic E-state index is 0.315. The highest BCUT2D eigenvalue weighted by Gasteiger charge is 2.30. The molecular formula is C32H54O6. The highest BCUT2D eigenvalue weighted by Crippen LogP contribution is 2.32. The molecule has 0 saturated carbocycles. The minimum atomic E-state index is -0.863. The highest BCUT2D eigenvalue weighted by atomic mass is 17.2. The Labute approximate surface area is 232 Å². The topological polar surface area (TPSA) is 71.1 Å². The van der Waals surface area contributed by atoms with E-state index in [1.54, 1.807) is 0 Å². The first-order valence-electron chi connectivity index (χ1n) is 14.3. The van der Waals surface area contributed by atoms with Gasteiger partial charge in [0.1, 0.15) is 11.2 Å². The maximum Gasteiger partial charge on any atom is 0.342 e. The predicted molar refractivity (Wildman–Crippen MR) is 152 cm³/mol. The third-order valence-electron chi connectivity index (χ3n) is 6.55. The molecule has 6 heteroatoms. The van der Waals surface area contributed by atoms with Crippen LogP contribution in [-0.2, 0) is 40.3 Å². The molecule has 0 aliphatic heterocycles. The Morgan fingerprint density at radius 1 is 0.579 bits per heavy atom. The van der Waals surface area contributed by atoms with E-state index in [1.807, 2.05) is 52.0 Å². The van der Waals surface area contributed by atoms with Gasteiger partial charge in [-0.2, -0.15) is 9.78 Å². The van der Waals surface area contributed by atoms with E-state index in [0.29, 0.717) is 23.7 Å². The molecule has 1 aromatic carbocycles. The van der Waals surface area contributed by atoms with Crippen molar-refractivity contribution in [3.63, 3.8) is 0 Å². The fraction of sp³-hybridized carbons (Fsp3) is 0.750. The van der Waals surface area contributed by atoms with Crippen LogP contribution >= 0.6 is 0 Å². The first-order chi connectivity index (χ1) is 17.4. The van der Waals surface area contributed by atoms with E-state index in [9.17, 15) is 9.59 Å². The summed E-state index contributed by atoms with van der Waals surface area (Å²) in [4.78, 5) is 45.8. The number of hydrogen-bond acceptors (Lipinski definition) is 6. The number of carbonyl (C=O) groups excluding carboxylic acids is 2. The number of hydrogen-bond donors (Lipinski definition) is 0. The Bertz CT molecular complexity index is 790. The van der Waals surface area contributed by atoms with Crippen molar-refractivity contribution in [1.29, 1.82) is 0 Å². The standard InChI is InChI=1S/C32H54O6/c1-29(2,3)22-15-11-13-20-27(33)35-37-31(7,8)25-18-17-19-26(24-25)32(9,10)38-36-28(34)21-14-12-16-23-30(4,5)6/h17-19,24H,11-16,20-23H2,1-10H3. The van der Waals surface area contributed by atoms with Crippen LogP contribution in [0.5, 0.6) is 0 Å². The van der Waals surface area contributed by atoms with Crippen LogP contribution in [0, 0.1) is 10.8 Å². The monoisotopic (exact) mass is 534 g/mol. The molecule has 6 nitrogen and oxygen atoms in total. The Balaban J connectivity index is 2.53. The third-order valence-corrected chi connectivity index (χ3v) is 6.55. The van der Waals surface area contributed by atoms with Gasteiger partial charge in [-0.05, 0) is 81.4 Å². The molecule has 0 aliphatic carbocycles. The minimum Gasteiger partial charge on any atom is -0.297 e. The smallest absolute Gasteiger partial charge is 0.297 e. The first kappa shape index (κ1) is 34.1. The fourth-order valence-electron chi connectivity index (χ4n) is 3.95. The van der Waals surface area contributed by atoms with Gasteiger partial charge in [0, 0.05) is 12.8 Å².